The van der Waals surface area contributed by atoms with Crippen molar-refractivity contribution in [1.82, 2.24) is 9.80 Å². The number of carbonyl (C=O) groups excluding carboxylic acids is 2. The molecule has 0 spiro atoms. The minimum atomic E-state index is -0.330. The number of hydrogen-bond donors (Lipinski definition) is 0. The van der Waals surface area contributed by atoms with Gasteiger partial charge in [-0.2, -0.15) is 0 Å². The van der Waals surface area contributed by atoms with E-state index in [0.29, 0.717) is 6.54 Å². The second kappa shape index (κ2) is 4.44. The smallest absolute Gasteiger partial charge is 0.228 e. The standard InChI is InChI=1S/C12H22N2O2/c1-9(15)13(5)10-6-7-14(8-10)11(16)12(2,3)4/h10H,6-8H2,1-5H3. The Morgan fingerprint density at radius 3 is 2.31 bits per heavy atom. The molecular formula is C12H22N2O2. The fourth-order valence-electron chi connectivity index (χ4n) is 1.97. The Morgan fingerprint density at radius 2 is 1.88 bits per heavy atom. The second-order valence-corrected chi connectivity index (χ2v) is 5.57. The van der Waals surface area contributed by atoms with Gasteiger partial charge in [0.2, 0.25) is 11.8 Å². The molecule has 2 amide bonds. The summed E-state index contributed by atoms with van der Waals surface area (Å²) in [6, 6.07) is 0.184. The van der Waals surface area contributed by atoms with Crippen LogP contribution in [0.15, 0.2) is 0 Å². The van der Waals surface area contributed by atoms with E-state index in [1.807, 2.05) is 25.7 Å². The number of rotatable bonds is 1. The highest BCUT2D eigenvalue weighted by atomic mass is 16.2. The summed E-state index contributed by atoms with van der Waals surface area (Å²) >= 11 is 0. The molecule has 1 fully saturated rings. The maximum absolute atomic E-state index is 12.0. The molecule has 1 atom stereocenters. The van der Waals surface area contributed by atoms with Crippen molar-refractivity contribution < 1.29 is 9.59 Å². The van der Waals surface area contributed by atoms with Crippen LogP contribution in [0.5, 0.6) is 0 Å². The highest BCUT2D eigenvalue weighted by Crippen LogP contribution is 2.22. The lowest BCUT2D eigenvalue weighted by molar-refractivity contribution is -0.139. The summed E-state index contributed by atoms with van der Waals surface area (Å²) in [6.45, 7) is 8.78. The third-order valence-corrected chi connectivity index (χ3v) is 3.14. The molecule has 0 aromatic carbocycles. The zero-order valence-corrected chi connectivity index (χ0v) is 10.9. The van der Waals surface area contributed by atoms with Crippen LogP contribution in [0.4, 0.5) is 0 Å². The lowest BCUT2D eigenvalue weighted by atomic mass is 9.95. The topological polar surface area (TPSA) is 40.6 Å². The predicted molar refractivity (Wildman–Crippen MR) is 62.9 cm³/mol. The molecule has 0 bridgehead atoms. The van der Waals surface area contributed by atoms with Gasteiger partial charge in [-0.3, -0.25) is 9.59 Å². The van der Waals surface area contributed by atoms with Gasteiger partial charge >= 0.3 is 0 Å². The first kappa shape index (κ1) is 13.0. The van der Waals surface area contributed by atoms with Gasteiger partial charge < -0.3 is 9.80 Å². The molecule has 16 heavy (non-hydrogen) atoms. The third-order valence-electron chi connectivity index (χ3n) is 3.14. The van der Waals surface area contributed by atoms with Gasteiger partial charge in [0.25, 0.3) is 0 Å². The second-order valence-electron chi connectivity index (χ2n) is 5.57. The Hall–Kier alpha value is -1.06. The van der Waals surface area contributed by atoms with Crippen LogP contribution in [0.25, 0.3) is 0 Å². The van der Waals surface area contributed by atoms with Crippen molar-refractivity contribution in [3.63, 3.8) is 0 Å². The van der Waals surface area contributed by atoms with E-state index in [1.165, 1.54) is 0 Å². The van der Waals surface area contributed by atoms with Gasteiger partial charge in [-0.25, -0.2) is 0 Å². The van der Waals surface area contributed by atoms with E-state index < -0.39 is 0 Å². The van der Waals surface area contributed by atoms with Crippen molar-refractivity contribution in [1.29, 1.82) is 0 Å². The molecule has 1 unspecified atom stereocenters. The number of nitrogens with zero attached hydrogens (tertiary/aromatic N) is 2. The first-order valence-electron chi connectivity index (χ1n) is 5.76. The Labute approximate surface area is 97.6 Å². The molecule has 92 valence electrons. The fraction of sp³-hybridized carbons (Fsp3) is 0.833. The minimum absolute atomic E-state index is 0.0649. The van der Waals surface area contributed by atoms with Crippen LogP contribution in [-0.2, 0) is 9.59 Å². The zero-order valence-electron chi connectivity index (χ0n) is 10.9. The van der Waals surface area contributed by atoms with Crippen LogP contribution >= 0.6 is 0 Å². The van der Waals surface area contributed by atoms with Crippen molar-refractivity contribution in [2.45, 2.75) is 40.2 Å². The van der Waals surface area contributed by atoms with E-state index in [2.05, 4.69) is 0 Å². The molecule has 0 radical (unpaired) electrons. The number of likely N-dealkylation sites (tertiary alicyclic amines) is 1. The summed E-state index contributed by atoms with van der Waals surface area (Å²) in [5.74, 6) is 0.238. The van der Waals surface area contributed by atoms with Gasteiger partial charge in [-0.15, -0.1) is 0 Å². The van der Waals surface area contributed by atoms with E-state index in [9.17, 15) is 9.59 Å². The molecule has 1 saturated heterocycles. The summed E-state index contributed by atoms with van der Waals surface area (Å²) in [7, 11) is 1.80. The van der Waals surface area contributed by atoms with Gasteiger partial charge in [0.15, 0.2) is 0 Å². The SMILES string of the molecule is CC(=O)N(C)C1CCN(C(=O)C(C)(C)C)C1. The first-order valence-corrected chi connectivity index (χ1v) is 5.76. The monoisotopic (exact) mass is 226 g/mol. The van der Waals surface area contributed by atoms with Gasteiger partial charge in [0.1, 0.15) is 0 Å². The number of amides is 2. The Kier molecular flexibility index (Phi) is 3.61. The number of likely N-dealkylation sites (N-methyl/N-ethyl adjacent to an activating group) is 1. The average Bonchev–Trinajstić information content (AvgIpc) is 2.62. The van der Waals surface area contributed by atoms with Crippen molar-refractivity contribution in [2.24, 2.45) is 5.41 Å². The lowest BCUT2D eigenvalue weighted by Gasteiger charge is -2.27. The molecule has 1 aliphatic heterocycles. The normalized spacial score (nSPS) is 21.1. The number of carbonyl (C=O) groups is 2. The quantitative estimate of drug-likeness (QED) is 0.672. The first-order chi connectivity index (χ1) is 7.23. The van der Waals surface area contributed by atoms with Crippen molar-refractivity contribution in [3.8, 4) is 0 Å². The molecule has 0 aromatic rings. The lowest BCUT2D eigenvalue weighted by Crippen LogP contribution is -2.42. The molecule has 4 heteroatoms. The van der Waals surface area contributed by atoms with E-state index in [4.69, 9.17) is 0 Å². The van der Waals surface area contributed by atoms with E-state index >= 15 is 0 Å². The Bertz CT molecular complexity index is 294. The van der Waals surface area contributed by atoms with Crippen LogP contribution in [0, 0.1) is 5.41 Å². The average molecular weight is 226 g/mol. The Morgan fingerprint density at radius 1 is 1.31 bits per heavy atom. The molecule has 4 nitrogen and oxygen atoms in total. The van der Waals surface area contributed by atoms with Crippen LogP contribution in [0.1, 0.15) is 34.1 Å². The van der Waals surface area contributed by atoms with E-state index in [0.717, 1.165) is 13.0 Å². The molecular weight excluding hydrogens is 204 g/mol. The summed E-state index contributed by atoms with van der Waals surface area (Å²) in [6.07, 6.45) is 0.887. The van der Waals surface area contributed by atoms with E-state index in [-0.39, 0.29) is 23.3 Å². The van der Waals surface area contributed by atoms with Crippen molar-refractivity contribution in [3.05, 3.63) is 0 Å². The summed E-state index contributed by atoms with van der Waals surface area (Å²) in [5.41, 5.74) is -0.330. The van der Waals surface area contributed by atoms with Crippen LogP contribution in [0.3, 0.4) is 0 Å². The van der Waals surface area contributed by atoms with Crippen LogP contribution in [0.2, 0.25) is 0 Å². The summed E-state index contributed by atoms with van der Waals surface area (Å²) < 4.78 is 0. The maximum Gasteiger partial charge on any atom is 0.228 e. The van der Waals surface area contributed by atoms with Crippen LogP contribution in [-0.4, -0.2) is 47.8 Å². The summed E-state index contributed by atoms with van der Waals surface area (Å²) in [5, 5.41) is 0. The Balaban J connectivity index is 2.60. The van der Waals surface area contributed by atoms with E-state index in [1.54, 1.807) is 18.9 Å². The zero-order chi connectivity index (χ0) is 12.5. The molecule has 1 aliphatic rings. The molecule has 0 N–H and O–H groups in total. The van der Waals surface area contributed by atoms with Gasteiger partial charge in [-0.05, 0) is 6.42 Å². The number of hydrogen-bond acceptors (Lipinski definition) is 2. The largest absolute Gasteiger partial charge is 0.341 e. The maximum atomic E-state index is 12.0. The molecule has 0 saturated carbocycles. The van der Waals surface area contributed by atoms with Crippen LogP contribution < -0.4 is 0 Å². The van der Waals surface area contributed by atoms with Crippen molar-refractivity contribution >= 4 is 11.8 Å². The van der Waals surface area contributed by atoms with Gasteiger partial charge in [0, 0.05) is 32.5 Å². The molecule has 0 aromatic heterocycles. The summed E-state index contributed by atoms with van der Waals surface area (Å²) in [4.78, 5) is 26.9. The fourth-order valence-corrected chi connectivity index (χ4v) is 1.97. The molecule has 0 aliphatic carbocycles. The minimum Gasteiger partial charge on any atom is -0.341 e. The van der Waals surface area contributed by atoms with Gasteiger partial charge in [-0.1, -0.05) is 20.8 Å². The predicted octanol–water partition coefficient (Wildman–Crippen LogP) is 1.11. The van der Waals surface area contributed by atoms with Crippen molar-refractivity contribution in [2.75, 3.05) is 20.1 Å². The molecule has 1 heterocycles. The highest BCUT2D eigenvalue weighted by Gasteiger charge is 2.34. The van der Waals surface area contributed by atoms with Gasteiger partial charge in [0.05, 0.1) is 6.04 Å². The highest BCUT2D eigenvalue weighted by molar-refractivity contribution is 5.82. The molecule has 1 rings (SSSR count). The third kappa shape index (κ3) is 2.74.